The third kappa shape index (κ3) is 5.46. The van der Waals surface area contributed by atoms with Crippen molar-refractivity contribution in [3.8, 4) is 5.75 Å². The summed E-state index contributed by atoms with van der Waals surface area (Å²) in [6, 6.07) is 13.7. The molecule has 0 aliphatic rings. The molecule has 0 saturated heterocycles. The average Bonchev–Trinajstić information content (AvgIpc) is 3.25. The first-order valence-corrected chi connectivity index (χ1v) is 10.7. The van der Waals surface area contributed by atoms with Crippen LogP contribution in [0.2, 0.25) is 0 Å². The van der Waals surface area contributed by atoms with Crippen molar-refractivity contribution in [3.63, 3.8) is 0 Å². The quantitative estimate of drug-likeness (QED) is 0.625. The number of nitrogens with one attached hydrogen (secondary N) is 1. The van der Waals surface area contributed by atoms with Gasteiger partial charge in [0.05, 0.1) is 7.11 Å². The summed E-state index contributed by atoms with van der Waals surface area (Å²) in [6.07, 6.45) is 0. The largest absolute Gasteiger partial charge is 0.497 e. The maximum atomic E-state index is 13.5. The molecule has 0 aliphatic carbocycles. The van der Waals surface area contributed by atoms with Gasteiger partial charge in [-0.1, -0.05) is 34.3 Å². The van der Waals surface area contributed by atoms with Crippen molar-refractivity contribution in [1.82, 2.24) is 14.9 Å². The Labute approximate surface area is 186 Å². The molecule has 2 amide bonds. The second-order valence-corrected chi connectivity index (χ2v) is 8.83. The van der Waals surface area contributed by atoms with Crippen LogP contribution in [0.1, 0.15) is 48.4 Å². The molecule has 1 N–H and O–H groups in total. The molecule has 162 valence electrons. The van der Waals surface area contributed by atoms with Crippen LogP contribution in [0, 0.1) is 6.92 Å². The Morgan fingerprint density at radius 3 is 2.39 bits per heavy atom. The number of nitrogens with zero attached hydrogens (tertiary/aromatic N) is 3. The minimum Gasteiger partial charge on any atom is -0.497 e. The highest BCUT2D eigenvalue weighted by Gasteiger charge is 2.35. The van der Waals surface area contributed by atoms with Crippen LogP contribution in [-0.2, 0) is 4.79 Å². The Balaban J connectivity index is 2.17. The number of hydrogen-bond donors (Lipinski definition) is 1. The predicted molar refractivity (Wildman–Crippen MR) is 122 cm³/mol. The molecule has 8 heteroatoms. The number of amides is 2. The number of aryl methyl sites for hydroxylation is 1. The summed E-state index contributed by atoms with van der Waals surface area (Å²) in [6.45, 7) is 7.67. The Kier molecular flexibility index (Phi) is 6.70. The van der Waals surface area contributed by atoms with E-state index in [9.17, 15) is 9.59 Å². The molecule has 31 heavy (non-hydrogen) atoms. The van der Waals surface area contributed by atoms with Gasteiger partial charge in [-0.2, -0.15) is 0 Å². The zero-order chi connectivity index (χ0) is 22.6. The maximum absolute atomic E-state index is 13.5. The minimum atomic E-state index is -0.901. The van der Waals surface area contributed by atoms with Crippen LogP contribution >= 0.6 is 11.5 Å². The maximum Gasteiger partial charge on any atom is 0.280 e. The van der Waals surface area contributed by atoms with Crippen LogP contribution in [0.5, 0.6) is 5.75 Å². The van der Waals surface area contributed by atoms with Gasteiger partial charge in [-0.3, -0.25) is 14.5 Å². The van der Waals surface area contributed by atoms with Gasteiger partial charge in [0.25, 0.3) is 5.91 Å². The number of rotatable bonds is 6. The highest BCUT2D eigenvalue weighted by Crippen LogP contribution is 2.31. The average molecular weight is 439 g/mol. The SMILES string of the molecule is COc1ccc(N(C(=O)c2csnn2)C(C(=O)NC(C)(C)C)c2cccc(C)c2)cc1. The van der Waals surface area contributed by atoms with E-state index in [1.165, 1.54) is 4.90 Å². The van der Waals surface area contributed by atoms with E-state index >= 15 is 0 Å². The highest BCUT2D eigenvalue weighted by molar-refractivity contribution is 7.03. The lowest BCUT2D eigenvalue weighted by atomic mass is 9.99. The van der Waals surface area contributed by atoms with Gasteiger partial charge in [0.1, 0.15) is 11.8 Å². The Bertz CT molecular complexity index is 1040. The number of ether oxygens (including phenoxy) is 1. The van der Waals surface area contributed by atoms with Crippen LogP contribution in [0.3, 0.4) is 0 Å². The molecule has 1 atom stereocenters. The van der Waals surface area contributed by atoms with Gasteiger partial charge < -0.3 is 10.1 Å². The van der Waals surface area contributed by atoms with E-state index in [1.54, 1.807) is 36.8 Å². The summed E-state index contributed by atoms with van der Waals surface area (Å²) in [5.74, 6) is -0.0438. The fourth-order valence-electron chi connectivity index (χ4n) is 3.20. The molecule has 3 rings (SSSR count). The van der Waals surface area contributed by atoms with Gasteiger partial charge in [-0.05, 0) is 69.1 Å². The van der Waals surface area contributed by atoms with Crippen molar-refractivity contribution in [2.75, 3.05) is 12.0 Å². The van der Waals surface area contributed by atoms with E-state index in [2.05, 4.69) is 14.9 Å². The van der Waals surface area contributed by atoms with Crippen LogP contribution in [0.4, 0.5) is 5.69 Å². The first-order chi connectivity index (χ1) is 14.7. The Morgan fingerprint density at radius 1 is 1.13 bits per heavy atom. The lowest BCUT2D eigenvalue weighted by Crippen LogP contribution is -2.49. The molecule has 0 bridgehead atoms. The molecular weight excluding hydrogens is 412 g/mol. The summed E-state index contributed by atoms with van der Waals surface area (Å²) >= 11 is 1.09. The monoisotopic (exact) mass is 438 g/mol. The number of hydrogen-bond acceptors (Lipinski definition) is 6. The van der Waals surface area contributed by atoms with Crippen molar-refractivity contribution in [2.45, 2.75) is 39.3 Å². The van der Waals surface area contributed by atoms with Crippen molar-refractivity contribution in [1.29, 1.82) is 0 Å². The molecule has 1 aromatic heterocycles. The molecule has 2 aromatic carbocycles. The van der Waals surface area contributed by atoms with Gasteiger partial charge in [0, 0.05) is 16.6 Å². The lowest BCUT2D eigenvalue weighted by molar-refractivity contribution is -0.123. The molecule has 0 aliphatic heterocycles. The van der Waals surface area contributed by atoms with Gasteiger partial charge in [0.15, 0.2) is 5.69 Å². The molecule has 0 saturated carbocycles. The number of benzene rings is 2. The van der Waals surface area contributed by atoms with Crippen molar-refractivity contribution >= 4 is 29.0 Å². The summed E-state index contributed by atoms with van der Waals surface area (Å²) in [5, 5.41) is 8.54. The fraction of sp³-hybridized carbons (Fsp3) is 0.304. The van der Waals surface area contributed by atoms with Gasteiger partial charge in [-0.15, -0.1) is 5.10 Å². The molecule has 1 unspecified atom stereocenters. The first kappa shape index (κ1) is 22.4. The second-order valence-electron chi connectivity index (χ2n) is 8.22. The molecule has 0 radical (unpaired) electrons. The van der Waals surface area contributed by atoms with Crippen molar-refractivity contribution in [2.24, 2.45) is 0 Å². The van der Waals surface area contributed by atoms with E-state index in [0.29, 0.717) is 17.0 Å². The standard InChI is InChI=1S/C23H26N4O3S/c1-15-7-6-8-16(13-15)20(21(28)24-23(2,3)4)27(22(29)19-14-31-26-25-19)17-9-11-18(30-5)12-10-17/h6-14,20H,1-5H3,(H,24,28). The lowest BCUT2D eigenvalue weighted by Gasteiger charge is -2.33. The Hall–Kier alpha value is -3.26. The molecule has 7 nitrogen and oxygen atoms in total. The zero-order valence-electron chi connectivity index (χ0n) is 18.2. The summed E-state index contributed by atoms with van der Waals surface area (Å²) < 4.78 is 9.07. The van der Waals surface area contributed by atoms with Gasteiger partial charge in [0.2, 0.25) is 5.91 Å². The molecular formula is C23H26N4O3S. The third-order valence-corrected chi connectivity index (χ3v) is 5.02. The van der Waals surface area contributed by atoms with E-state index in [1.807, 2.05) is 52.0 Å². The molecule has 0 fully saturated rings. The van der Waals surface area contributed by atoms with Crippen LogP contribution < -0.4 is 15.0 Å². The number of methoxy groups -OCH3 is 1. The summed E-state index contributed by atoms with van der Waals surface area (Å²) in [4.78, 5) is 28.5. The number of aromatic nitrogens is 2. The van der Waals surface area contributed by atoms with Crippen molar-refractivity contribution in [3.05, 3.63) is 70.7 Å². The zero-order valence-corrected chi connectivity index (χ0v) is 19.1. The summed E-state index contributed by atoms with van der Waals surface area (Å²) in [7, 11) is 1.57. The number of carbonyl (C=O) groups excluding carboxylic acids is 2. The predicted octanol–water partition coefficient (Wildman–Crippen LogP) is 4.16. The minimum absolute atomic E-state index is 0.182. The third-order valence-electron chi connectivity index (χ3n) is 4.51. The van der Waals surface area contributed by atoms with Crippen LogP contribution in [0.25, 0.3) is 0 Å². The van der Waals surface area contributed by atoms with E-state index in [4.69, 9.17) is 4.74 Å². The van der Waals surface area contributed by atoms with E-state index in [0.717, 1.165) is 17.1 Å². The van der Waals surface area contributed by atoms with Crippen molar-refractivity contribution < 1.29 is 14.3 Å². The molecule has 1 heterocycles. The number of carbonyl (C=O) groups is 2. The number of anilines is 1. The molecule has 3 aromatic rings. The van der Waals surface area contributed by atoms with E-state index in [-0.39, 0.29) is 11.6 Å². The smallest absolute Gasteiger partial charge is 0.280 e. The normalized spacial score (nSPS) is 12.2. The van der Waals surface area contributed by atoms with Gasteiger partial charge >= 0.3 is 0 Å². The molecule has 0 spiro atoms. The van der Waals surface area contributed by atoms with Gasteiger partial charge in [-0.25, -0.2) is 0 Å². The van der Waals surface area contributed by atoms with E-state index < -0.39 is 17.5 Å². The Morgan fingerprint density at radius 2 is 1.84 bits per heavy atom. The fourth-order valence-corrected chi connectivity index (χ4v) is 3.63. The highest BCUT2D eigenvalue weighted by atomic mass is 32.1. The summed E-state index contributed by atoms with van der Waals surface area (Å²) in [5.41, 5.74) is 1.95. The topological polar surface area (TPSA) is 84.4 Å². The second kappa shape index (κ2) is 9.26. The first-order valence-electron chi connectivity index (χ1n) is 9.83. The van der Waals surface area contributed by atoms with Crippen LogP contribution in [0.15, 0.2) is 53.9 Å². The van der Waals surface area contributed by atoms with Crippen LogP contribution in [-0.4, -0.2) is 34.1 Å².